The van der Waals surface area contributed by atoms with E-state index in [-0.39, 0.29) is 6.10 Å². The van der Waals surface area contributed by atoms with Gasteiger partial charge in [-0.25, -0.2) is 0 Å². The van der Waals surface area contributed by atoms with Crippen molar-refractivity contribution in [2.75, 3.05) is 13.2 Å². The Bertz CT molecular complexity index is 586. The number of fused-ring (bicyclic) bond motifs is 1. The fourth-order valence-electron chi connectivity index (χ4n) is 2.47. The SMILES string of the molecule is OC(CCc1cccnc1)Cc1ccc2c(c1)OCCO2. The Morgan fingerprint density at radius 3 is 2.76 bits per heavy atom. The Balaban J connectivity index is 1.56. The van der Waals surface area contributed by atoms with Crippen LogP contribution in [0.1, 0.15) is 17.5 Å². The van der Waals surface area contributed by atoms with Crippen LogP contribution in [0.3, 0.4) is 0 Å². The summed E-state index contributed by atoms with van der Waals surface area (Å²) in [6, 6.07) is 9.81. The summed E-state index contributed by atoms with van der Waals surface area (Å²) in [6.07, 6.45) is 5.41. The molecule has 0 saturated heterocycles. The van der Waals surface area contributed by atoms with Gasteiger partial charge < -0.3 is 14.6 Å². The smallest absolute Gasteiger partial charge is 0.161 e. The third-order valence-corrected chi connectivity index (χ3v) is 3.57. The van der Waals surface area contributed by atoms with Crippen LogP contribution >= 0.6 is 0 Å². The van der Waals surface area contributed by atoms with Crippen molar-refractivity contribution in [3.05, 3.63) is 53.9 Å². The van der Waals surface area contributed by atoms with Crippen LogP contribution in [0.25, 0.3) is 0 Å². The summed E-state index contributed by atoms with van der Waals surface area (Å²) < 4.78 is 11.1. The summed E-state index contributed by atoms with van der Waals surface area (Å²) in [5, 5.41) is 10.2. The topological polar surface area (TPSA) is 51.6 Å². The quantitative estimate of drug-likeness (QED) is 0.916. The lowest BCUT2D eigenvalue weighted by Gasteiger charge is -2.19. The number of nitrogens with zero attached hydrogens (tertiary/aromatic N) is 1. The first-order valence-corrected chi connectivity index (χ1v) is 7.27. The Hall–Kier alpha value is -2.07. The Morgan fingerprint density at radius 2 is 1.95 bits per heavy atom. The van der Waals surface area contributed by atoms with E-state index in [2.05, 4.69) is 4.98 Å². The lowest BCUT2D eigenvalue weighted by Crippen LogP contribution is -2.16. The molecule has 110 valence electrons. The molecule has 2 heterocycles. The standard InChI is InChI=1S/C17H19NO3/c19-15(5-3-13-2-1-7-18-12-13)10-14-4-6-16-17(11-14)21-9-8-20-16/h1-2,4,6-7,11-12,15,19H,3,5,8-10H2. The van der Waals surface area contributed by atoms with Gasteiger partial charge in [0.1, 0.15) is 13.2 Å². The van der Waals surface area contributed by atoms with E-state index >= 15 is 0 Å². The van der Waals surface area contributed by atoms with Crippen molar-refractivity contribution >= 4 is 0 Å². The third-order valence-electron chi connectivity index (χ3n) is 3.57. The van der Waals surface area contributed by atoms with Crippen LogP contribution < -0.4 is 9.47 Å². The lowest BCUT2D eigenvalue weighted by molar-refractivity contribution is 0.162. The molecule has 0 fully saturated rings. The van der Waals surface area contributed by atoms with E-state index in [0.29, 0.717) is 19.6 Å². The second-order valence-electron chi connectivity index (χ2n) is 5.24. The van der Waals surface area contributed by atoms with E-state index in [1.54, 1.807) is 6.20 Å². The summed E-state index contributed by atoms with van der Waals surface area (Å²) in [7, 11) is 0. The molecule has 0 aliphatic carbocycles. The van der Waals surface area contributed by atoms with Crippen molar-refractivity contribution in [2.24, 2.45) is 0 Å². The summed E-state index contributed by atoms with van der Waals surface area (Å²) in [5.74, 6) is 1.56. The molecular formula is C17H19NO3. The molecule has 3 rings (SSSR count). The maximum absolute atomic E-state index is 10.2. The average Bonchev–Trinajstić information content (AvgIpc) is 2.54. The van der Waals surface area contributed by atoms with Crippen LogP contribution in [-0.2, 0) is 12.8 Å². The first-order valence-electron chi connectivity index (χ1n) is 7.27. The summed E-state index contributed by atoms with van der Waals surface area (Å²) in [4.78, 5) is 4.08. The number of hydrogen-bond acceptors (Lipinski definition) is 4. The number of aryl methyl sites for hydroxylation is 1. The lowest BCUT2D eigenvalue weighted by atomic mass is 10.0. The maximum atomic E-state index is 10.2. The van der Waals surface area contributed by atoms with Gasteiger partial charge in [0.15, 0.2) is 11.5 Å². The van der Waals surface area contributed by atoms with Crippen molar-refractivity contribution in [2.45, 2.75) is 25.4 Å². The predicted molar refractivity (Wildman–Crippen MR) is 79.7 cm³/mol. The average molecular weight is 285 g/mol. The molecule has 1 aliphatic rings. The van der Waals surface area contributed by atoms with Gasteiger partial charge in [0.2, 0.25) is 0 Å². The van der Waals surface area contributed by atoms with E-state index < -0.39 is 0 Å². The minimum Gasteiger partial charge on any atom is -0.486 e. The molecule has 4 heteroatoms. The number of rotatable bonds is 5. The first kappa shape index (κ1) is 13.9. The van der Waals surface area contributed by atoms with Crippen LogP contribution in [0.15, 0.2) is 42.7 Å². The molecule has 0 amide bonds. The molecule has 0 spiro atoms. The highest BCUT2D eigenvalue weighted by Gasteiger charge is 2.13. The van der Waals surface area contributed by atoms with Crippen molar-refractivity contribution in [1.82, 2.24) is 4.98 Å². The van der Waals surface area contributed by atoms with E-state index in [9.17, 15) is 5.11 Å². The van der Waals surface area contributed by atoms with Crippen molar-refractivity contribution in [3.63, 3.8) is 0 Å². The van der Waals surface area contributed by atoms with E-state index in [1.165, 1.54) is 0 Å². The molecular weight excluding hydrogens is 266 g/mol. The van der Waals surface area contributed by atoms with Gasteiger partial charge in [-0.05, 0) is 48.6 Å². The van der Waals surface area contributed by atoms with Crippen molar-refractivity contribution < 1.29 is 14.6 Å². The molecule has 1 N–H and O–H groups in total. The normalized spacial score (nSPS) is 14.7. The second-order valence-corrected chi connectivity index (χ2v) is 5.24. The third kappa shape index (κ3) is 3.73. The molecule has 1 atom stereocenters. The molecule has 1 unspecified atom stereocenters. The monoisotopic (exact) mass is 285 g/mol. The minimum atomic E-state index is -0.368. The van der Waals surface area contributed by atoms with Gasteiger partial charge in [0, 0.05) is 12.4 Å². The maximum Gasteiger partial charge on any atom is 0.161 e. The number of ether oxygens (including phenoxy) is 2. The summed E-state index contributed by atoms with van der Waals surface area (Å²) in [5.41, 5.74) is 2.22. The number of aliphatic hydroxyl groups excluding tert-OH is 1. The number of aromatic nitrogens is 1. The van der Waals surface area contributed by atoms with E-state index in [4.69, 9.17) is 9.47 Å². The van der Waals surface area contributed by atoms with Crippen LogP contribution in [0.2, 0.25) is 0 Å². The first-order chi connectivity index (χ1) is 10.3. The zero-order chi connectivity index (χ0) is 14.5. The number of aliphatic hydroxyl groups is 1. The molecule has 0 radical (unpaired) electrons. The zero-order valence-corrected chi connectivity index (χ0v) is 11.9. The largest absolute Gasteiger partial charge is 0.486 e. The van der Waals surface area contributed by atoms with Crippen LogP contribution in [0.5, 0.6) is 11.5 Å². The number of benzene rings is 1. The van der Waals surface area contributed by atoms with Crippen LogP contribution in [0.4, 0.5) is 0 Å². The molecule has 1 aromatic carbocycles. The number of pyridine rings is 1. The molecule has 4 nitrogen and oxygen atoms in total. The summed E-state index contributed by atoms with van der Waals surface area (Å²) in [6.45, 7) is 1.18. The van der Waals surface area contributed by atoms with Crippen LogP contribution in [-0.4, -0.2) is 29.4 Å². The second kappa shape index (κ2) is 6.59. The molecule has 1 aliphatic heterocycles. The van der Waals surface area contributed by atoms with E-state index in [1.807, 2.05) is 36.5 Å². The van der Waals surface area contributed by atoms with Crippen molar-refractivity contribution in [1.29, 1.82) is 0 Å². The Labute approximate surface area is 124 Å². The zero-order valence-electron chi connectivity index (χ0n) is 11.9. The van der Waals surface area contributed by atoms with Gasteiger partial charge in [0.05, 0.1) is 6.10 Å². The fraction of sp³-hybridized carbons (Fsp3) is 0.353. The predicted octanol–water partition coefficient (Wildman–Crippen LogP) is 2.39. The fourth-order valence-corrected chi connectivity index (χ4v) is 2.47. The number of hydrogen-bond donors (Lipinski definition) is 1. The van der Waals surface area contributed by atoms with Gasteiger partial charge in [0.25, 0.3) is 0 Å². The van der Waals surface area contributed by atoms with Gasteiger partial charge in [-0.1, -0.05) is 12.1 Å². The Kier molecular flexibility index (Phi) is 4.36. The molecule has 2 aromatic rings. The van der Waals surface area contributed by atoms with E-state index in [0.717, 1.165) is 35.5 Å². The van der Waals surface area contributed by atoms with Gasteiger partial charge in [-0.2, -0.15) is 0 Å². The van der Waals surface area contributed by atoms with Gasteiger partial charge >= 0.3 is 0 Å². The van der Waals surface area contributed by atoms with Crippen molar-refractivity contribution in [3.8, 4) is 11.5 Å². The van der Waals surface area contributed by atoms with Crippen LogP contribution in [0, 0.1) is 0 Å². The van der Waals surface area contributed by atoms with Gasteiger partial charge in [-0.3, -0.25) is 4.98 Å². The minimum absolute atomic E-state index is 0.368. The highest BCUT2D eigenvalue weighted by atomic mass is 16.6. The molecule has 1 aromatic heterocycles. The highest BCUT2D eigenvalue weighted by Crippen LogP contribution is 2.31. The summed E-state index contributed by atoms with van der Waals surface area (Å²) >= 11 is 0. The highest BCUT2D eigenvalue weighted by molar-refractivity contribution is 5.43. The molecule has 0 saturated carbocycles. The Morgan fingerprint density at radius 1 is 1.10 bits per heavy atom. The molecule has 21 heavy (non-hydrogen) atoms. The van der Waals surface area contributed by atoms with Gasteiger partial charge in [-0.15, -0.1) is 0 Å². The molecule has 0 bridgehead atoms.